The van der Waals surface area contributed by atoms with Crippen LogP contribution < -0.4 is 5.69 Å². The van der Waals surface area contributed by atoms with E-state index in [9.17, 15) is 4.79 Å². The van der Waals surface area contributed by atoms with Gasteiger partial charge in [-0.05, 0) is 12.1 Å². The lowest BCUT2D eigenvalue weighted by molar-refractivity contribution is 0.977. The molecule has 17 heavy (non-hydrogen) atoms. The van der Waals surface area contributed by atoms with Crippen LogP contribution in [-0.2, 0) is 0 Å². The van der Waals surface area contributed by atoms with Crippen LogP contribution >= 0.6 is 11.6 Å². The van der Waals surface area contributed by atoms with Gasteiger partial charge in [0.05, 0.1) is 11.0 Å². The molecule has 2 aromatic heterocycles. The number of benzene rings is 1. The number of halogens is 1. The molecule has 0 bridgehead atoms. The summed E-state index contributed by atoms with van der Waals surface area (Å²) in [6, 6.07) is 5.34. The van der Waals surface area contributed by atoms with Crippen molar-refractivity contribution in [1.82, 2.24) is 25.1 Å². The molecular formula is C10H6ClN5O. The number of nitrogens with one attached hydrogen (secondary N) is 2. The summed E-state index contributed by atoms with van der Waals surface area (Å²) < 4.78 is 0. The Hall–Kier alpha value is -2.21. The summed E-state index contributed by atoms with van der Waals surface area (Å²) in [4.78, 5) is 20.3. The minimum absolute atomic E-state index is 0.250. The van der Waals surface area contributed by atoms with Crippen molar-refractivity contribution in [3.63, 3.8) is 0 Å². The molecule has 0 radical (unpaired) electrons. The maximum absolute atomic E-state index is 11.1. The second-order valence-corrected chi connectivity index (χ2v) is 3.80. The Morgan fingerprint density at radius 2 is 2.00 bits per heavy atom. The van der Waals surface area contributed by atoms with Gasteiger partial charge in [-0.25, -0.2) is 9.78 Å². The van der Waals surface area contributed by atoms with E-state index >= 15 is 0 Å². The van der Waals surface area contributed by atoms with Crippen LogP contribution in [0.4, 0.5) is 0 Å². The van der Waals surface area contributed by atoms with Crippen LogP contribution in [0, 0.1) is 0 Å². The van der Waals surface area contributed by atoms with E-state index in [1.807, 2.05) is 0 Å². The van der Waals surface area contributed by atoms with Crippen molar-refractivity contribution >= 4 is 22.6 Å². The molecule has 0 saturated carbocycles. The van der Waals surface area contributed by atoms with Gasteiger partial charge < -0.3 is 9.97 Å². The van der Waals surface area contributed by atoms with Gasteiger partial charge in [-0.1, -0.05) is 17.7 Å². The molecule has 6 nitrogen and oxygen atoms in total. The summed E-state index contributed by atoms with van der Waals surface area (Å²) in [6.45, 7) is 0. The third-order valence-corrected chi connectivity index (χ3v) is 2.64. The Morgan fingerprint density at radius 1 is 1.18 bits per heavy atom. The highest BCUT2D eigenvalue weighted by atomic mass is 35.5. The maximum Gasteiger partial charge on any atom is 0.323 e. The van der Waals surface area contributed by atoms with Crippen LogP contribution in [0.15, 0.2) is 29.3 Å². The van der Waals surface area contributed by atoms with Gasteiger partial charge in [0.2, 0.25) is 0 Å². The molecule has 2 heterocycles. The number of aromatic nitrogens is 5. The van der Waals surface area contributed by atoms with Crippen molar-refractivity contribution in [1.29, 1.82) is 0 Å². The van der Waals surface area contributed by atoms with Gasteiger partial charge in [-0.15, -0.1) is 10.2 Å². The molecule has 7 heteroatoms. The van der Waals surface area contributed by atoms with Gasteiger partial charge >= 0.3 is 5.69 Å². The van der Waals surface area contributed by atoms with Gasteiger partial charge in [-0.2, -0.15) is 0 Å². The van der Waals surface area contributed by atoms with E-state index in [4.69, 9.17) is 11.6 Å². The number of H-pyrrole nitrogens is 2. The van der Waals surface area contributed by atoms with Crippen molar-refractivity contribution in [3.05, 3.63) is 40.2 Å². The molecule has 84 valence electrons. The van der Waals surface area contributed by atoms with Crippen molar-refractivity contribution in [2.24, 2.45) is 0 Å². The predicted molar refractivity (Wildman–Crippen MR) is 62.8 cm³/mol. The first-order chi connectivity index (χ1) is 8.24. The Labute approximate surface area is 99.7 Å². The van der Waals surface area contributed by atoms with Crippen LogP contribution in [0.2, 0.25) is 5.15 Å². The molecule has 0 spiro atoms. The fraction of sp³-hybridized carbons (Fsp3) is 0. The molecule has 2 N–H and O–H groups in total. The summed E-state index contributed by atoms with van der Waals surface area (Å²) in [7, 11) is 0. The fourth-order valence-electron chi connectivity index (χ4n) is 1.62. The van der Waals surface area contributed by atoms with E-state index in [2.05, 4.69) is 25.1 Å². The molecule has 0 aliphatic rings. The predicted octanol–water partition coefficient (Wildman–Crippen LogP) is 1.36. The molecule has 3 rings (SSSR count). The summed E-state index contributed by atoms with van der Waals surface area (Å²) in [5.41, 5.74) is 2.40. The zero-order valence-corrected chi connectivity index (χ0v) is 9.19. The number of hydrogen-bond donors (Lipinski definition) is 2. The van der Waals surface area contributed by atoms with E-state index in [0.29, 0.717) is 11.2 Å². The first-order valence-corrected chi connectivity index (χ1v) is 5.17. The Bertz CT molecular complexity index is 748. The highest BCUT2D eigenvalue weighted by Crippen LogP contribution is 2.24. The molecule has 0 saturated heterocycles. The quantitative estimate of drug-likeness (QED) is 0.680. The summed E-state index contributed by atoms with van der Waals surface area (Å²) in [5.74, 6) is 0. The largest absolute Gasteiger partial charge is 0.323 e. The first-order valence-electron chi connectivity index (χ1n) is 4.79. The number of nitrogens with zero attached hydrogens (tertiary/aromatic N) is 3. The molecule has 3 aromatic rings. The van der Waals surface area contributed by atoms with Crippen LogP contribution in [0.25, 0.3) is 22.3 Å². The standard InChI is InChI=1S/C10H6ClN5O/c11-9-8(16-13-4-12-9)5-1-2-6-7(3-5)15-10(17)14-6/h1-4H,(H2,14,15,17). The number of rotatable bonds is 1. The Balaban J connectivity index is 2.24. The van der Waals surface area contributed by atoms with Crippen molar-refractivity contribution < 1.29 is 0 Å². The average molecular weight is 248 g/mol. The smallest absolute Gasteiger partial charge is 0.306 e. The van der Waals surface area contributed by atoms with E-state index in [1.165, 1.54) is 6.33 Å². The molecule has 0 aliphatic carbocycles. The second kappa shape index (κ2) is 3.67. The highest BCUT2D eigenvalue weighted by Gasteiger charge is 2.08. The minimum Gasteiger partial charge on any atom is -0.306 e. The molecule has 0 unspecified atom stereocenters. The van der Waals surface area contributed by atoms with Gasteiger partial charge in [0.25, 0.3) is 0 Å². The number of imidazole rings is 1. The topological polar surface area (TPSA) is 87.3 Å². The van der Waals surface area contributed by atoms with E-state index < -0.39 is 0 Å². The summed E-state index contributed by atoms with van der Waals surface area (Å²) in [5, 5.41) is 7.87. The zero-order valence-electron chi connectivity index (χ0n) is 8.44. The number of fused-ring (bicyclic) bond motifs is 1. The monoisotopic (exact) mass is 247 g/mol. The molecular weight excluding hydrogens is 242 g/mol. The van der Waals surface area contributed by atoms with Crippen LogP contribution in [0.1, 0.15) is 0 Å². The molecule has 1 aromatic carbocycles. The first kappa shape index (κ1) is 9.98. The lowest BCUT2D eigenvalue weighted by Gasteiger charge is -2.00. The van der Waals surface area contributed by atoms with Gasteiger partial charge in [0.15, 0.2) is 5.15 Å². The zero-order chi connectivity index (χ0) is 11.8. The molecule has 0 atom stereocenters. The van der Waals surface area contributed by atoms with Gasteiger partial charge in [0.1, 0.15) is 12.0 Å². The fourth-order valence-corrected chi connectivity index (χ4v) is 1.81. The lowest BCUT2D eigenvalue weighted by Crippen LogP contribution is -1.99. The molecule has 0 fully saturated rings. The Morgan fingerprint density at radius 3 is 2.82 bits per heavy atom. The maximum atomic E-state index is 11.1. The number of aromatic amines is 2. The van der Waals surface area contributed by atoms with Gasteiger partial charge in [0, 0.05) is 5.56 Å². The number of hydrogen-bond acceptors (Lipinski definition) is 4. The third kappa shape index (κ3) is 1.68. The van der Waals surface area contributed by atoms with E-state index in [1.54, 1.807) is 18.2 Å². The van der Waals surface area contributed by atoms with Gasteiger partial charge in [-0.3, -0.25) is 0 Å². The summed E-state index contributed by atoms with van der Waals surface area (Å²) >= 11 is 5.92. The normalized spacial score (nSPS) is 10.9. The van der Waals surface area contributed by atoms with Crippen LogP contribution in [0.3, 0.4) is 0 Å². The van der Waals surface area contributed by atoms with Crippen LogP contribution in [0.5, 0.6) is 0 Å². The minimum atomic E-state index is -0.250. The van der Waals surface area contributed by atoms with E-state index in [-0.39, 0.29) is 10.8 Å². The van der Waals surface area contributed by atoms with Crippen molar-refractivity contribution in [2.75, 3.05) is 0 Å². The lowest BCUT2D eigenvalue weighted by atomic mass is 10.1. The third-order valence-electron chi connectivity index (χ3n) is 2.37. The van der Waals surface area contributed by atoms with Crippen molar-refractivity contribution in [2.45, 2.75) is 0 Å². The second-order valence-electron chi connectivity index (χ2n) is 3.44. The van der Waals surface area contributed by atoms with E-state index in [0.717, 1.165) is 11.1 Å². The average Bonchev–Trinajstić information content (AvgIpc) is 2.68. The Kier molecular flexibility index (Phi) is 2.15. The highest BCUT2D eigenvalue weighted by molar-refractivity contribution is 6.31. The SMILES string of the molecule is O=c1[nH]c2ccc(-c3nncnc3Cl)cc2[nH]1. The molecule has 0 aliphatic heterocycles. The van der Waals surface area contributed by atoms with Crippen molar-refractivity contribution in [3.8, 4) is 11.3 Å². The summed E-state index contributed by atoms with van der Waals surface area (Å²) in [6.07, 6.45) is 1.28. The van der Waals surface area contributed by atoms with Crippen LogP contribution in [-0.4, -0.2) is 25.1 Å². The molecule has 0 amide bonds.